The van der Waals surface area contributed by atoms with E-state index in [9.17, 15) is 0 Å². The van der Waals surface area contributed by atoms with Crippen LogP contribution < -0.4 is 5.32 Å². The fourth-order valence-corrected chi connectivity index (χ4v) is 3.37. The van der Waals surface area contributed by atoms with Crippen LogP contribution in [0.1, 0.15) is 27.8 Å². The molecular formula is C18H21N. The van der Waals surface area contributed by atoms with E-state index in [0.717, 1.165) is 19.5 Å². The van der Waals surface area contributed by atoms with Gasteiger partial charge >= 0.3 is 0 Å². The summed E-state index contributed by atoms with van der Waals surface area (Å²) in [5, 5.41) is 3.46. The molecule has 1 heterocycles. The van der Waals surface area contributed by atoms with Crippen molar-refractivity contribution in [3.8, 4) is 11.1 Å². The van der Waals surface area contributed by atoms with E-state index in [1.54, 1.807) is 0 Å². The predicted molar refractivity (Wildman–Crippen MR) is 81.5 cm³/mol. The molecule has 19 heavy (non-hydrogen) atoms. The predicted octanol–water partition coefficient (Wildman–Crippen LogP) is 3.92. The molecule has 0 amide bonds. The highest BCUT2D eigenvalue weighted by Crippen LogP contribution is 2.33. The molecule has 1 heteroatoms. The molecule has 1 nitrogen and oxygen atoms in total. The minimum absolute atomic E-state index is 1.01. The SMILES string of the molecule is Cc1cc(C)c(-c2cccc3c2CCNC3)c(C)c1. The van der Waals surface area contributed by atoms with E-state index in [2.05, 4.69) is 56.4 Å². The van der Waals surface area contributed by atoms with E-state index in [1.807, 2.05) is 0 Å². The number of aryl methyl sites for hydroxylation is 3. The van der Waals surface area contributed by atoms with Gasteiger partial charge in [0, 0.05) is 6.54 Å². The summed E-state index contributed by atoms with van der Waals surface area (Å²) in [7, 11) is 0. The largest absolute Gasteiger partial charge is 0.312 e. The van der Waals surface area contributed by atoms with E-state index in [1.165, 1.54) is 38.9 Å². The van der Waals surface area contributed by atoms with Crippen LogP contribution in [0.3, 0.4) is 0 Å². The Labute approximate surface area is 115 Å². The van der Waals surface area contributed by atoms with Gasteiger partial charge in [-0.3, -0.25) is 0 Å². The van der Waals surface area contributed by atoms with Gasteiger partial charge in [0.2, 0.25) is 0 Å². The summed E-state index contributed by atoms with van der Waals surface area (Å²) in [6.07, 6.45) is 1.14. The third-order valence-electron chi connectivity index (χ3n) is 4.09. The Hall–Kier alpha value is -1.60. The first kappa shape index (κ1) is 12.4. The molecule has 0 saturated carbocycles. The molecule has 0 saturated heterocycles. The van der Waals surface area contributed by atoms with Crippen molar-refractivity contribution >= 4 is 0 Å². The molecule has 98 valence electrons. The summed E-state index contributed by atoms with van der Waals surface area (Å²) in [6.45, 7) is 8.74. The van der Waals surface area contributed by atoms with Crippen LogP contribution in [0.5, 0.6) is 0 Å². The smallest absolute Gasteiger partial charge is 0.0208 e. The van der Waals surface area contributed by atoms with Gasteiger partial charge in [0.25, 0.3) is 0 Å². The first-order valence-corrected chi connectivity index (χ1v) is 7.06. The van der Waals surface area contributed by atoms with Crippen molar-refractivity contribution in [3.05, 3.63) is 58.1 Å². The van der Waals surface area contributed by atoms with Crippen molar-refractivity contribution in [1.29, 1.82) is 0 Å². The summed E-state index contributed by atoms with van der Waals surface area (Å²) in [5.41, 5.74) is 10.0. The number of fused-ring (bicyclic) bond motifs is 1. The number of rotatable bonds is 1. The summed E-state index contributed by atoms with van der Waals surface area (Å²) >= 11 is 0. The van der Waals surface area contributed by atoms with Crippen molar-refractivity contribution < 1.29 is 0 Å². The Morgan fingerprint density at radius 2 is 1.74 bits per heavy atom. The zero-order chi connectivity index (χ0) is 13.4. The van der Waals surface area contributed by atoms with Crippen LogP contribution in [-0.2, 0) is 13.0 Å². The van der Waals surface area contributed by atoms with E-state index in [-0.39, 0.29) is 0 Å². The van der Waals surface area contributed by atoms with Crippen molar-refractivity contribution in [2.24, 2.45) is 0 Å². The van der Waals surface area contributed by atoms with Crippen LogP contribution in [0.4, 0.5) is 0 Å². The van der Waals surface area contributed by atoms with Crippen LogP contribution in [0, 0.1) is 20.8 Å². The van der Waals surface area contributed by atoms with Crippen LogP contribution in [-0.4, -0.2) is 6.54 Å². The highest BCUT2D eigenvalue weighted by molar-refractivity contribution is 5.75. The lowest BCUT2D eigenvalue weighted by molar-refractivity contribution is 0.645. The zero-order valence-electron chi connectivity index (χ0n) is 12.0. The summed E-state index contributed by atoms with van der Waals surface area (Å²) < 4.78 is 0. The molecule has 2 aromatic carbocycles. The topological polar surface area (TPSA) is 12.0 Å². The third kappa shape index (κ3) is 2.19. The van der Waals surface area contributed by atoms with Gasteiger partial charge in [0.05, 0.1) is 0 Å². The van der Waals surface area contributed by atoms with Gasteiger partial charge in [-0.15, -0.1) is 0 Å². The minimum atomic E-state index is 1.01. The maximum absolute atomic E-state index is 3.46. The number of hydrogen-bond donors (Lipinski definition) is 1. The Morgan fingerprint density at radius 1 is 1.00 bits per heavy atom. The van der Waals surface area contributed by atoms with Gasteiger partial charge in [-0.1, -0.05) is 35.9 Å². The quantitative estimate of drug-likeness (QED) is 0.810. The van der Waals surface area contributed by atoms with Crippen LogP contribution in [0.15, 0.2) is 30.3 Å². The van der Waals surface area contributed by atoms with Gasteiger partial charge in [-0.05, 0) is 67.1 Å². The summed E-state index contributed by atoms with van der Waals surface area (Å²) in [5.74, 6) is 0. The Kier molecular flexibility index (Phi) is 3.16. The molecule has 0 radical (unpaired) electrons. The Morgan fingerprint density at radius 3 is 2.47 bits per heavy atom. The van der Waals surface area contributed by atoms with Gasteiger partial charge in [0.1, 0.15) is 0 Å². The van der Waals surface area contributed by atoms with Gasteiger partial charge in [0.15, 0.2) is 0 Å². The molecule has 2 aromatic rings. The van der Waals surface area contributed by atoms with Crippen LogP contribution >= 0.6 is 0 Å². The monoisotopic (exact) mass is 251 g/mol. The van der Waals surface area contributed by atoms with Crippen molar-refractivity contribution in [2.45, 2.75) is 33.7 Å². The van der Waals surface area contributed by atoms with E-state index in [0.29, 0.717) is 0 Å². The molecule has 0 spiro atoms. The van der Waals surface area contributed by atoms with Crippen LogP contribution in [0.25, 0.3) is 11.1 Å². The second-order valence-electron chi connectivity index (χ2n) is 5.64. The normalized spacial score (nSPS) is 14.3. The van der Waals surface area contributed by atoms with Crippen molar-refractivity contribution in [1.82, 2.24) is 5.32 Å². The summed E-state index contributed by atoms with van der Waals surface area (Å²) in [4.78, 5) is 0. The fraction of sp³-hybridized carbons (Fsp3) is 0.333. The summed E-state index contributed by atoms with van der Waals surface area (Å²) in [6, 6.07) is 11.3. The fourth-order valence-electron chi connectivity index (χ4n) is 3.37. The van der Waals surface area contributed by atoms with Crippen molar-refractivity contribution in [2.75, 3.05) is 6.54 Å². The van der Waals surface area contributed by atoms with E-state index >= 15 is 0 Å². The number of benzene rings is 2. The first-order chi connectivity index (χ1) is 9.16. The molecular weight excluding hydrogens is 230 g/mol. The average molecular weight is 251 g/mol. The molecule has 0 aliphatic carbocycles. The number of hydrogen-bond acceptors (Lipinski definition) is 1. The standard InChI is InChI=1S/C18H21N/c1-12-9-13(2)18(14(3)10-12)17-6-4-5-15-11-19-8-7-16(15)17/h4-6,9-10,19H,7-8,11H2,1-3H3. The first-order valence-electron chi connectivity index (χ1n) is 7.06. The molecule has 0 bridgehead atoms. The van der Waals surface area contributed by atoms with E-state index in [4.69, 9.17) is 0 Å². The number of nitrogens with one attached hydrogen (secondary N) is 1. The van der Waals surface area contributed by atoms with Gasteiger partial charge < -0.3 is 5.32 Å². The second kappa shape index (κ2) is 4.82. The second-order valence-corrected chi connectivity index (χ2v) is 5.64. The third-order valence-corrected chi connectivity index (χ3v) is 4.09. The molecule has 0 fully saturated rings. The highest BCUT2D eigenvalue weighted by Gasteiger charge is 2.16. The van der Waals surface area contributed by atoms with Gasteiger partial charge in [-0.2, -0.15) is 0 Å². The molecule has 1 N–H and O–H groups in total. The van der Waals surface area contributed by atoms with Gasteiger partial charge in [-0.25, -0.2) is 0 Å². The average Bonchev–Trinajstić information content (AvgIpc) is 2.38. The Bertz CT molecular complexity index is 603. The molecule has 3 rings (SSSR count). The lowest BCUT2D eigenvalue weighted by Crippen LogP contribution is -2.24. The molecule has 0 aromatic heterocycles. The lowest BCUT2D eigenvalue weighted by Gasteiger charge is -2.22. The maximum Gasteiger partial charge on any atom is 0.0208 e. The zero-order valence-corrected chi connectivity index (χ0v) is 12.0. The highest BCUT2D eigenvalue weighted by atomic mass is 14.9. The van der Waals surface area contributed by atoms with Crippen molar-refractivity contribution in [3.63, 3.8) is 0 Å². The molecule has 1 aliphatic rings. The minimum Gasteiger partial charge on any atom is -0.312 e. The Balaban J connectivity index is 2.23. The van der Waals surface area contributed by atoms with Crippen LogP contribution in [0.2, 0.25) is 0 Å². The molecule has 0 atom stereocenters. The van der Waals surface area contributed by atoms with E-state index < -0.39 is 0 Å². The lowest BCUT2D eigenvalue weighted by atomic mass is 9.87. The molecule has 0 unspecified atom stereocenters. The maximum atomic E-state index is 3.46. The molecule has 1 aliphatic heterocycles.